The highest BCUT2D eigenvalue weighted by atomic mass is 35.5. The third kappa shape index (κ3) is 9.27. The van der Waals surface area contributed by atoms with Crippen LogP contribution in [0.15, 0.2) is 132 Å². The first kappa shape index (κ1) is 33.8. The molecule has 0 saturated heterocycles. The zero-order chi connectivity index (χ0) is 33.3. The molecule has 47 heavy (non-hydrogen) atoms. The van der Waals surface area contributed by atoms with Gasteiger partial charge in [-0.05, 0) is 90.4 Å². The zero-order valence-electron chi connectivity index (χ0n) is 25.0. The Bertz CT molecular complexity index is 1940. The van der Waals surface area contributed by atoms with Crippen molar-refractivity contribution in [3.05, 3.63) is 164 Å². The van der Waals surface area contributed by atoms with Crippen molar-refractivity contribution < 1.29 is 14.4 Å². The number of carbonyl (C=O) groups excluding carboxylic acids is 3. The highest BCUT2D eigenvalue weighted by Crippen LogP contribution is 2.37. The standard InChI is InChI=1S/C37H28Cl3N3O3S/c1-23-12-14-28(39)22-32(23)42-37(46)34(24-8-4-2-5-9-24)47-30-18-16-29(17-19-30)41-36(45)33(20-26-13-15-27(38)21-31(26)40)43-35(44)25-10-6-3-7-11-25/h2-22,34H,1H3,(H,41,45)(H,42,46)(H,43,44)/b33-20-. The van der Waals surface area contributed by atoms with E-state index in [2.05, 4.69) is 16.0 Å². The number of rotatable bonds is 10. The van der Waals surface area contributed by atoms with E-state index in [4.69, 9.17) is 34.8 Å². The Hall–Kier alpha value is -4.53. The third-order valence-electron chi connectivity index (χ3n) is 6.96. The topological polar surface area (TPSA) is 87.3 Å². The largest absolute Gasteiger partial charge is 0.325 e. The average Bonchev–Trinajstić information content (AvgIpc) is 3.07. The molecule has 5 aromatic carbocycles. The van der Waals surface area contributed by atoms with E-state index in [1.807, 2.05) is 55.5 Å². The lowest BCUT2D eigenvalue weighted by molar-refractivity contribution is -0.116. The van der Waals surface area contributed by atoms with Gasteiger partial charge >= 0.3 is 0 Å². The minimum Gasteiger partial charge on any atom is -0.325 e. The lowest BCUT2D eigenvalue weighted by atomic mass is 10.1. The van der Waals surface area contributed by atoms with E-state index in [0.29, 0.717) is 37.6 Å². The Labute approximate surface area is 292 Å². The van der Waals surface area contributed by atoms with Crippen molar-refractivity contribution in [2.45, 2.75) is 17.1 Å². The fourth-order valence-corrected chi connectivity index (χ4v) is 6.16. The number of nitrogens with one attached hydrogen (secondary N) is 3. The van der Waals surface area contributed by atoms with Gasteiger partial charge in [-0.15, -0.1) is 11.8 Å². The fraction of sp³-hybridized carbons (Fsp3) is 0.0541. The van der Waals surface area contributed by atoms with E-state index in [9.17, 15) is 14.4 Å². The van der Waals surface area contributed by atoms with Gasteiger partial charge in [0.1, 0.15) is 10.9 Å². The van der Waals surface area contributed by atoms with Crippen molar-refractivity contribution in [3.8, 4) is 0 Å². The summed E-state index contributed by atoms with van der Waals surface area (Å²) in [5.41, 5.74) is 3.72. The molecule has 0 bridgehead atoms. The van der Waals surface area contributed by atoms with Gasteiger partial charge in [-0.2, -0.15) is 0 Å². The quantitative estimate of drug-likeness (QED) is 0.100. The lowest BCUT2D eigenvalue weighted by Crippen LogP contribution is -2.30. The van der Waals surface area contributed by atoms with E-state index >= 15 is 0 Å². The second-order valence-corrected chi connectivity index (χ2v) is 12.8. The molecular weight excluding hydrogens is 673 g/mol. The number of carbonyl (C=O) groups is 3. The van der Waals surface area contributed by atoms with Gasteiger partial charge < -0.3 is 16.0 Å². The Kier molecular flexibility index (Phi) is 11.4. The SMILES string of the molecule is Cc1ccc(Cl)cc1NC(=O)C(Sc1ccc(NC(=O)/C(=C/c2ccc(Cl)cc2Cl)NC(=O)c2ccccc2)cc1)c1ccccc1. The Morgan fingerprint density at radius 3 is 2.04 bits per heavy atom. The first-order chi connectivity index (χ1) is 22.7. The number of anilines is 2. The molecule has 3 N–H and O–H groups in total. The molecular formula is C37H28Cl3N3O3S. The van der Waals surface area contributed by atoms with Crippen LogP contribution >= 0.6 is 46.6 Å². The number of benzene rings is 5. The van der Waals surface area contributed by atoms with Crippen LogP contribution in [0.1, 0.15) is 32.3 Å². The summed E-state index contributed by atoms with van der Waals surface area (Å²) in [6, 6.07) is 35.3. The van der Waals surface area contributed by atoms with Crippen LogP contribution in [0.25, 0.3) is 6.08 Å². The lowest BCUT2D eigenvalue weighted by Gasteiger charge is -2.18. The molecule has 10 heteroatoms. The van der Waals surface area contributed by atoms with Crippen molar-refractivity contribution in [2.75, 3.05) is 10.6 Å². The number of hydrogen-bond donors (Lipinski definition) is 3. The van der Waals surface area contributed by atoms with Gasteiger partial charge in [-0.3, -0.25) is 14.4 Å². The maximum absolute atomic E-state index is 13.6. The van der Waals surface area contributed by atoms with Gasteiger partial charge in [0.2, 0.25) is 5.91 Å². The van der Waals surface area contributed by atoms with Crippen molar-refractivity contribution in [1.82, 2.24) is 5.32 Å². The number of halogens is 3. The maximum Gasteiger partial charge on any atom is 0.272 e. The van der Waals surface area contributed by atoms with Crippen molar-refractivity contribution >= 4 is 81.7 Å². The van der Waals surface area contributed by atoms with Crippen molar-refractivity contribution in [2.24, 2.45) is 0 Å². The molecule has 0 spiro atoms. The minimum atomic E-state index is -0.568. The summed E-state index contributed by atoms with van der Waals surface area (Å²) in [7, 11) is 0. The summed E-state index contributed by atoms with van der Waals surface area (Å²) >= 11 is 20.0. The predicted molar refractivity (Wildman–Crippen MR) is 193 cm³/mol. The summed E-state index contributed by atoms with van der Waals surface area (Å²) in [6.07, 6.45) is 1.49. The Morgan fingerprint density at radius 1 is 0.723 bits per heavy atom. The highest BCUT2D eigenvalue weighted by molar-refractivity contribution is 8.00. The molecule has 5 rings (SSSR count). The molecule has 3 amide bonds. The number of hydrogen-bond acceptors (Lipinski definition) is 4. The van der Waals surface area contributed by atoms with Gasteiger partial charge in [0.25, 0.3) is 11.8 Å². The van der Waals surface area contributed by atoms with Crippen LogP contribution in [0.2, 0.25) is 15.1 Å². The molecule has 0 saturated carbocycles. The van der Waals surface area contributed by atoms with Crippen LogP contribution in [-0.2, 0) is 9.59 Å². The Balaban J connectivity index is 1.35. The van der Waals surface area contributed by atoms with Crippen LogP contribution in [0.4, 0.5) is 11.4 Å². The van der Waals surface area contributed by atoms with Crippen LogP contribution in [0.5, 0.6) is 0 Å². The molecule has 5 aromatic rings. The molecule has 0 fully saturated rings. The summed E-state index contributed by atoms with van der Waals surface area (Å²) in [5, 5.41) is 9.28. The first-order valence-corrected chi connectivity index (χ1v) is 16.4. The molecule has 0 radical (unpaired) electrons. The predicted octanol–water partition coefficient (Wildman–Crippen LogP) is 9.84. The fourth-order valence-electron chi connectivity index (χ4n) is 4.50. The van der Waals surface area contributed by atoms with E-state index in [-0.39, 0.29) is 11.6 Å². The van der Waals surface area contributed by atoms with E-state index < -0.39 is 17.1 Å². The summed E-state index contributed by atoms with van der Waals surface area (Å²) in [4.78, 5) is 40.8. The number of aryl methyl sites for hydroxylation is 1. The van der Waals surface area contributed by atoms with Crippen LogP contribution in [0, 0.1) is 6.92 Å². The third-order valence-corrected chi connectivity index (χ3v) is 9.02. The zero-order valence-corrected chi connectivity index (χ0v) is 28.1. The average molecular weight is 701 g/mol. The molecule has 6 nitrogen and oxygen atoms in total. The van der Waals surface area contributed by atoms with E-state index in [1.165, 1.54) is 17.8 Å². The second-order valence-electron chi connectivity index (χ2n) is 10.4. The molecule has 236 valence electrons. The molecule has 0 aromatic heterocycles. The number of thioether (sulfide) groups is 1. The maximum atomic E-state index is 13.6. The summed E-state index contributed by atoms with van der Waals surface area (Å²) in [6.45, 7) is 1.90. The highest BCUT2D eigenvalue weighted by Gasteiger charge is 2.23. The molecule has 0 aliphatic carbocycles. The molecule has 0 aliphatic heterocycles. The van der Waals surface area contributed by atoms with E-state index in [1.54, 1.807) is 72.8 Å². The van der Waals surface area contributed by atoms with Gasteiger partial charge in [-0.25, -0.2) is 0 Å². The normalized spacial score (nSPS) is 11.8. The van der Waals surface area contributed by atoms with Crippen molar-refractivity contribution in [3.63, 3.8) is 0 Å². The Morgan fingerprint density at radius 2 is 1.36 bits per heavy atom. The van der Waals surface area contributed by atoms with Crippen LogP contribution in [0.3, 0.4) is 0 Å². The molecule has 0 aliphatic rings. The summed E-state index contributed by atoms with van der Waals surface area (Å²) in [5.74, 6) is -1.21. The molecule has 1 unspecified atom stereocenters. The smallest absolute Gasteiger partial charge is 0.272 e. The van der Waals surface area contributed by atoms with Crippen LogP contribution in [-0.4, -0.2) is 17.7 Å². The van der Waals surface area contributed by atoms with Gasteiger partial charge in [0.15, 0.2) is 0 Å². The first-order valence-electron chi connectivity index (χ1n) is 14.4. The number of amides is 3. The van der Waals surface area contributed by atoms with Gasteiger partial charge in [0.05, 0.1) is 0 Å². The van der Waals surface area contributed by atoms with Gasteiger partial charge in [0, 0.05) is 36.9 Å². The van der Waals surface area contributed by atoms with Crippen LogP contribution < -0.4 is 16.0 Å². The monoisotopic (exact) mass is 699 g/mol. The second kappa shape index (κ2) is 15.8. The minimum absolute atomic E-state index is 0.0151. The molecule has 0 heterocycles. The van der Waals surface area contributed by atoms with Gasteiger partial charge in [-0.1, -0.05) is 95.5 Å². The summed E-state index contributed by atoms with van der Waals surface area (Å²) < 4.78 is 0. The molecule has 1 atom stereocenters. The van der Waals surface area contributed by atoms with E-state index in [0.717, 1.165) is 16.0 Å². The van der Waals surface area contributed by atoms with Crippen molar-refractivity contribution in [1.29, 1.82) is 0 Å².